The Morgan fingerprint density at radius 2 is 2.07 bits per heavy atom. The average molecular weight is 421 g/mol. The lowest BCUT2D eigenvalue weighted by molar-refractivity contribution is 0.100. The van der Waals surface area contributed by atoms with E-state index in [0.717, 1.165) is 22.3 Å². The molecule has 2 aromatic heterocycles. The van der Waals surface area contributed by atoms with E-state index in [2.05, 4.69) is 10.4 Å². The Morgan fingerprint density at radius 3 is 2.83 bits per heavy atom. The number of hydrogen-bond acceptors (Lipinski definition) is 5. The SMILES string of the molecule is COc1cc(O)c(Cl)c(C2Nc3ccccc3-c3c(C(N)=O)cnn4ccc2c34)c1. The van der Waals surface area contributed by atoms with Crippen LogP contribution in [0.3, 0.4) is 0 Å². The van der Waals surface area contributed by atoms with E-state index >= 15 is 0 Å². The van der Waals surface area contributed by atoms with Crippen molar-refractivity contribution in [1.29, 1.82) is 0 Å². The molecule has 0 saturated heterocycles. The molecular formula is C22H17ClN4O3. The minimum atomic E-state index is -0.558. The molecule has 1 amide bonds. The number of benzene rings is 2. The first-order valence-corrected chi connectivity index (χ1v) is 9.59. The van der Waals surface area contributed by atoms with E-state index in [1.165, 1.54) is 19.4 Å². The lowest BCUT2D eigenvalue weighted by Gasteiger charge is -2.21. The van der Waals surface area contributed by atoms with Gasteiger partial charge in [-0.25, -0.2) is 4.52 Å². The number of phenols is 1. The molecule has 5 rings (SSSR count). The van der Waals surface area contributed by atoms with Crippen LogP contribution in [0.5, 0.6) is 11.5 Å². The predicted octanol–water partition coefficient (Wildman–Crippen LogP) is 3.98. The monoisotopic (exact) mass is 420 g/mol. The van der Waals surface area contributed by atoms with E-state index in [4.69, 9.17) is 22.1 Å². The third-order valence-corrected chi connectivity index (χ3v) is 5.80. The van der Waals surface area contributed by atoms with Crippen molar-refractivity contribution in [2.24, 2.45) is 5.73 Å². The average Bonchev–Trinajstić information content (AvgIpc) is 3.11. The molecule has 4 aromatic rings. The molecule has 0 aliphatic carbocycles. The number of primary amides is 1. The molecule has 8 heteroatoms. The standard InChI is InChI=1S/C22H17ClN4O3/c1-30-11-8-14(19(23)17(28)9-11)20-13-6-7-27-21(13)18(15(10-25-27)22(24)29)12-4-2-3-5-16(12)26-20/h2-10,20,26,28H,1H3,(H2,24,29). The zero-order chi connectivity index (χ0) is 21.0. The summed E-state index contributed by atoms with van der Waals surface area (Å²) in [7, 11) is 1.53. The summed E-state index contributed by atoms with van der Waals surface area (Å²) in [4.78, 5) is 12.2. The van der Waals surface area contributed by atoms with Gasteiger partial charge in [-0.05, 0) is 18.2 Å². The number of methoxy groups -OCH3 is 1. The molecule has 2 aromatic carbocycles. The fraction of sp³-hybridized carbons (Fsp3) is 0.0909. The molecule has 0 fully saturated rings. The molecule has 1 aliphatic heterocycles. The Hall–Kier alpha value is -3.71. The van der Waals surface area contributed by atoms with Gasteiger partial charge < -0.3 is 20.9 Å². The van der Waals surface area contributed by atoms with Crippen molar-refractivity contribution in [3.63, 3.8) is 0 Å². The molecule has 150 valence electrons. The Morgan fingerprint density at radius 1 is 1.27 bits per heavy atom. The van der Waals surface area contributed by atoms with E-state index in [0.29, 0.717) is 22.4 Å². The smallest absolute Gasteiger partial charge is 0.251 e. The van der Waals surface area contributed by atoms with Gasteiger partial charge in [0.25, 0.3) is 5.91 Å². The fourth-order valence-corrected chi connectivity index (χ4v) is 4.25. The number of aromatic nitrogens is 2. The molecule has 0 saturated carbocycles. The number of para-hydroxylation sites is 1. The second kappa shape index (κ2) is 6.67. The van der Waals surface area contributed by atoms with Gasteiger partial charge in [-0.15, -0.1) is 0 Å². The van der Waals surface area contributed by atoms with Gasteiger partial charge in [0.05, 0.1) is 35.5 Å². The van der Waals surface area contributed by atoms with E-state index in [-0.39, 0.29) is 10.8 Å². The van der Waals surface area contributed by atoms with Crippen LogP contribution in [0.4, 0.5) is 5.69 Å². The molecular weight excluding hydrogens is 404 g/mol. The van der Waals surface area contributed by atoms with Gasteiger partial charge in [0.1, 0.15) is 11.5 Å². The van der Waals surface area contributed by atoms with Crippen molar-refractivity contribution < 1.29 is 14.6 Å². The third-order valence-electron chi connectivity index (χ3n) is 5.39. The number of fused-ring (bicyclic) bond motifs is 2. The first-order valence-electron chi connectivity index (χ1n) is 9.22. The lowest BCUT2D eigenvalue weighted by atomic mass is 9.96. The van der Waals surface area contributed by atoms with Crippen LogP contribution in [0.25, 0.3) is 16.6 Å². The lowest BCUT2D eigenvalue weighted by Crippen LogP contribution is -2.14. The molecule has 0 spiro atoms. The van der Waals surface area contributed by atoms with Crippen molar-refractivity contribution in [2.45, 2.75) is 6.04 Å². The highest BCUT2D eigenvalue weighted by Crippen LogP contribution is 2.46. The number of aromatic hydroxyl groups is 1. The second-order valence-corrected chi connectivity index (χ2v) is 7.41. The van der Waals surface area contributed by atoms with Gasteiger partial charge in [0.15, 0.2) is 0 Å². The molecule has 1 unspecified atom stereocenters. The summed E-state index contributed by atoms with van der Waals surface area (Å²) in [5.41, 5.74) is 10.5. The van der Waals surface area contributed by atoms with Gasteiger partial charge in [-0.3, -0.25) is 4.79 Å². The molecule has 0 bridgehead atoms. The Kier molecular flexibility index (Phi) is 4.08. The Balaban J connectivity index is 1.89. The third kappa shape index (κ3) is 2.59. The molecule has 7 nitrogen and oxygen atoms in total. The molecule has 4 N–H and O–H groups in total. The minimum Gasteiger partial charge on any atom is -0.506 e. The zero-order valence-corrected chi connectivity index (χ0v) is 16.6. The number of rotatable bonds is 3. The van der Waals surface area contributed by atoms with Gasteiger partial charge >= 0.3 is 0 Å². The molecule has 1 atom stereocenters. The van der Waals surface area contributed by atoms with Crippen LogP contribution in [0.15, 0.2) is 54.9 Å². The number of carbonyl (C=O) groups is 1. The van der Waals surface area contributed by atoms with E-state index < -0.39 is 11.9 Å². The Bertz CT molecular complexity index is 1330. The molecule has 30 heavy (non-hydrogen) atoms. The number of carbonyl (C=O) groups excluding carboxylic acids is 1. The summed E-state index contributed by atoms with van der Waals surface area (Å²) in [5, 5.41) is 18.4. The normalized spacial score (nSPS) is 14.7. The largest absolute Gasteiger partial charge is 0.506 e. The van der Waals surface area contributed by atoms with Crippen LogP contribution in [0.2, 0.25) is 5.02 Å². The van der Waals surface area contributed by atoms with Crippen LogP contribution in [0.1, 0.15) is 27.5 Å². The predicted molar refractivity (Wildman–Crippen MR) is 114 cm³/mol. The number of hydrogen-bond donors (Lipinski definition) is 3. The number of nitrogens with zero attached hydrogens (tertiary/aromatic N) is 2. The van der Waals surface area contributed by atoms with Crippen LogP contribution in [-0.4, -0.2) is 27.7 Å². The highest BCUT2D eigenvalue weighted by atomic mass is 35.5. The first kappa shape index (κ1) is 18.3. The molecule has 0 radical (unpaired) electrons. The highest BCUT2D eigenvalue weighted by Gasteiger charge is 2.30. The van der Waals surface area contributed by atoms with Crippen LogP contribution < -0.4 is 15.8 Å². The maximum atomic E-state index is 12.2. The number of amides is 1. The number of phenolic OH excluding ortho intramolecular Hbond substituents is 1. The van der Waals surface area contributed by atoms with Gasteiger partial charge in [-0.2, -0.15) is 5.10 Å². The quantitative estimate of drug-likeness (QED) is 0.465. The summed E-state index contributed by atoms with van der Waals surface area (Å²) < 4.78 is 7.04. The summed E-state index contributed by atoms with van der Waals surface area (Å²) in [6.45, 7) is 0. The van der Waals surface area contributed by atoms with Crippen molar-refractivity contribution in [1.82, 2.24) is 9.61 Å². The second-order valence-electron chi connectivity index (χ2n) is 7.03. The summed E-state index contributed by atoms with van der Waals surface area (Å²) in [6, 6.07) is 12.4. The summed E-state index contributed by atoms with van der Waals surface area (Å²) >= 11 is 6.50. The zero-order valence-electron chi connectivity index (χ0n) is 15.9. The van der Waals surface area contributed by atoms with Crippen molar-refractivity contribution in [3.05, 3.63) is 76.6 Å². The molecule has 1 aliphatic rings. The minimum absolute atomic E-state index is 0.0787. The maximum Gasteiger partial charge on any atom is 0.251 e. The number of ether oxygens (including phenoxy) is 1. The number of halogens is 1. The summed E-state index contributed by atoms with van der Waals surface area (Å²) in [5.74, 6) is -0.159. The highest BCUT2D eigenvalue weighted by molar-refractivity contribution is 6.33. The van der Waals surface area contributed by atoms with Gasteiger partial charge in [0.2, 0.25) is 0 Å². The number of anilines is 1. The van der Waals surface area contributed by atoms with Crippen molar-refractivity contribution >= 4 is 28.7 Å². The van der Waals surface area contributed by atoms with Crippen LogP contribution >= 0.6 is 11.6 Å². The summed E-state index contributed by atoms with van der Waals surface area (Å²) in [6.07, 6.45) is 3.30. The molecule has 3 heterocycles. The fourth-order valence-electron chi connectivity index (χ4n) is 4.03. The topological polar surface area (TPSA) is 102 Å². The maximum absolute atomic E-state index is 12.2. The van der Waals surface area contributed by atoms with Crippen molar-refractivity contribution in [3.8, 4) is 22.6 Å². The van der Waals surface area contributed by atoms with Crippen molar-refractivity contribution in [2.75, 3.05) is 12.4 Å². The van der Waals surface area contributed by atoms with Crippen LogP contribution in [0, 0.1) is 0 Å². The van der Waals surface area contributed by atoms with E-state index in [1.54, 1.807) is 10.6 Å². The first-order chi connectivity index (χ1) is 14.5. The number of nitrogens with one attached hydrogen (secondary N) is 1. The Labute approximate surface area is 176 Å². The van der Waals surface area contributed by atoms with Gasteiger partial charge in [-0.1, -0.05) is 29.8 Å². The number of nitrogens with two attached hydrogens (primary N) is 1. The van der Waals surface area contributed by atoms with E-state index in [1.807, 2.05) is 36.5 Å². The van der Waals surface area contributed by atoms with E-state index in [9.17, 15) is 9.90 Å². The van der Waals surface area contributed by atoms with Crippen LogP contribution in [-0.2, 0) is 0 Å². The van der Waals surface area contributed by atoms with Gasteiger partial charge in [0, 0.05) is 40.2 Å².